The molecule has 0 radical (unpaired) electrons. The predicted octanol–water partition coefficient (Wildman–Crippen LogP) is 3.42. The van der Waals surface area contributed by atoms with E-state index in [-0.39, 0.29) is 6.10 Å². The first-order chi connectivity index (χ1) is 10.4. The van der Waals surface area contributed by atoms with Gasteiger partial charge in [0, 0.05) is 41.2 Å². The zero-order valence-corrected chi connectivity index (χ0v) is 12.6. The number of fused-ring (bicyclic) bond motifs is 1. The van der Waals surface area contributed by atoms with Gasteiger partial charge < -0.3 is 10.1 Å². The average molecular weight is 299 g/mol. The van der Waals surface area contributed by atoms with Crippen molar-refractivity contribution in [2.45, 2.75) is 12.5 Å². The number of ether oxygens (including phenoxy) is 1. The van der Waals surface area contributed by atoms with E-state index in [2.05, 4.69) is 15.3 Å². The van der Waals surface area contributed by atoms with E-state index in [1.54, 1.807) is 17.5 Å². The first-order valence-corrected chi connectivity index (χ1v) is 7.80. The Morgan fingerprint density at radius 3 is 3.05 bits per heavy atom. The van der Waals surface area contributed by atoms with Crippen molar-refractivity contribution in [3.63, 3.8) is 0 Å². The Kier molecular flexibility index (Phi) is 4.43. The second-order valence-electron chi connectivity index (χ2n) is 4.72. The first kappa shape index (κ1) is 14.0. The molecule has 0 aliphatic rings. The molecule has 4 nitrogen and oxygen atoms in total. The third kappa shape index (κ3) is 3.20. The van der Waals surface area contributed by atoms with Crippen LogP contribution in [0.4, 0.5) is 0 Å². The summed E-state index contributed by atoms with van der Waals surface area (Å²) in [7, 11) is 1.95. The number of aromatic nitrogens is 2. The Hall–Kier alpha value is -1.98. The number of nitrogens with one attached hydrogen (secondary N) is 1. The van der Waals surface area contributed by atoms with Gasteiger partial charge in [-0.2, -0.15) is 0 Å². The molecule has 0 aliphatic carbocycles. The molecular formula is C16H17N3OS. The highest BCUT2D eigenvalue weighted by atomic mass is 32.1. The smallest absolute Gasteiger partial charge is 0.151 e. The molecule has 1 aromatic carbocycles. The van der Waals surface area contributed by atoms with Crippen molar-refractivity contribution in [1.82, 2.24) is 15.3 Å². The van der Waals surface area contributed by atoms with Crippen molar-refractivity contribution < 1.29 is 4.74 Å². The minimum Gasteiger partial charge on any atom is -0.483 e. The number of pyridine rings is 1. The van der Waals surface area contributed by atoms with Crippen LogP contribution in [0.25, 0.3) is 10.8 Å². The van der Waals surface area contributed by atoms with Crippen LogP contribution in [-0.4, -0.2) is 23.6 Å². The molecule has 0 spiro atoms. The molecule has 0 saturated carbocycles. The van der Waals surface area contributed by atoms with E-state index in [0.717, 1.165) is 34.5 Å². The van der Waals surface area contributed by atoms with Crippen molar-refractivity contribution in [1.29, 1.82) is 0 Å². The van der Waals surface area contributed by atoms with Crippen LogP contribution in [0.1, 0.15) is 17.5 Å². The maximum Gasteiger partial charge on any atom is 0.151 e. The van der Waals surface area contributed by atoms with Gasteiger partial charge in [0.2, 0.25) is 0 Å². The normalized spacial score (nSPS) is 12.4. The summed E-state index contributed by atoms with van der Waals surface area (Å²) in [4.78, 5) is 8.56. The summed E-state index contributed by atoms with van der Waals surface area (Å²) >= 11 is 1.63. The molecule has 0 saturated heterocycles. The Labute approximate surface area is 127 Å². The molecule has 21 heavy (non-hydrogen) atoms. The molecule has 5 heteroatoms. The molecule has 0 bridgehead atoms. The summed E-state index contributed by atoms with van der Waals surface area (Å²) in [6, 6.07) is 8.03. The topological polar surface area (TPSA) is 47.0 Å². The van der Waals surface area contributed by atoms with Gasteiger partial charge in [-0.25, -0.2) is 4.98 Å². The first-order valence-electron chi connectivity index (χ1n) is 6.92. The number of benzene rings is 1. The lowest BCUT2D eigenvalue weighted by atomic mass is 10.1. The summed E-state index contributed by atoms with van der Waals surface area (Å²) in [5.41, 5.74) is 0. The molecule has 1 N–H and O–H groups in total. The van der Waals surface area contributed by atoms with E-state index in [1.165, 1.54) is 0 Å². The van der Waals surface area contributed by atoms with Gasteiger partial charge in [-0.05, 0) is 25.7 Å². The monoisotopic (exact) mass is 299 g/mol. The molecule has 1 unspecified atom stereocenters. The summed E-state index contributed by atoms with van der Waals surface area (Å²) in [5.74, 6) is 0.881. The lowest BCUT2D eigenvalue weighted by Crippen LogP contribution is -2.16. The molecular weight excluding hydrogens is 282 g/mol. The largest absolute Gasteiger partial charge is 0.483 e. The van der Waals surface area contributed by atoms with Crippen molar-refractivity contribution in [2.24, 2.45) is 0 Å². The van der Waals surface area contributed by atoms with Crippen LogP contribution >= 0.6 is 11.3 Å². The van der Waals surface area contributed by atoms with Gasteiger partial charge in [0.05, 0.1) is 0 Å². The van der Waals surface area contributed by atoms with Gasteiger partial charge in [-0.1, -0.05) is 12.1 Å². The van der Waals surface area contributed by atoms with E-state index in [1.807, 2.05) is 49.1 Å². The molecule has 0 fully saturated rings. The summed E-state index contributed by atoms with van der Waals surface area (Å²) in [6.07, 6.45) is 6.32. The fourth-order valence-corrected chi connectivity index (χ4v) is 2.95. The summed E-state index contributed by atoms with van der Waals surface area (Å²) < 4.78 is 6.25. The molecule has 0 amide bonds. The van der Waals surface area contributed by atoms with E-state index in [0.29, 0.717) is 0 Å². The molecule has 3 rings (SSSR count). The van der Waals surface area contributed by atoms with Crippen LogP contribution in [0.2, 0.25) is 0 Å². The van der Waals surface area contributed by atoms with Gasteiger partial charge in [-0.15, -0.1) is 11.3 Å². The van der Waals surface area contributed by atoms with Gasteiger partial charge >= 0.3 is 0 Å². The van der Waals surface area contributed by atoms with Gasteiger partial charge in [0.15, 0.2) is 6.10 Å². The quantitative estimate of drug-likeness (QED) is 0.757. The van der Waals surface area contributed by atoms with E-state index in [4.69, 9.17) is 4.74 Å². The molecule has 2 aromatic heterocycles. The molecule has 108 valence electrons. The summed E-state index contributed by atoms with van der Waals surface area (Å²) in [5, 5.41) is 8.33. The van der Waals surface area contributed by atoms with E-state index >= 15 is 0 Å². The molecule has 1 atom stereocenters. The molecule has 0 aliphatic heterocycles. The van der Waals surface area contributed by atoms with Crippen LogP contribution < -0.4 is 10.1 Å². The highest BCUT2D eigenvalue weighted by Gasteiger charge is 2.16. The van der Waals surface area contributed by atoms with Crippen LogP contribution in [0.5, 0.6) is 5.75 Å². The maximum absolute atomic E-state index is 6.25. The fourth-order valence-electron chi connectivity index (χ4n) is 2.25. The number of hydrogen-bond donors (Lipinski definition) is 1. The molecule has 2 heterocycles. The minimum absolute atomic E-state index is 0.0313. The number of nitrogens with zero attached hydrogens (tertiary/aromatic N) is 2. The minimum atomic E-state index is -0.0313. The number of thiazole rings is 1. The SMILES string of the molecule is CNCCC(Oc1cccc2cnccc12)c1nccs1. The van der Waals surface area contributed by atoms with E-state index in [9.17, 15) is 0 Å². The van der Waals surface area contributed by atoms with Gasteiger partial charge in [0.1, 0.15) is 10.8 Å². The van der Waals surface area contributed by atoms with Crippen molar-refractivity contribution >= 4 is 22.1 Å². The maximum atomic E-state index is 6.25. The highest BCUT2D eigenvalue weighted by Crippen LogP contribution is 2.31. The van der Waals surface area contributed by atoms with Crippen LogP contribution in [0, 0.1) is 0 Å². The fraction of sp³-hybridized carbons (Fsp3) is 0.250. The van der Waals surface area contributed by atoms with Gasteiger partial charge in [-0.3, -0.25) is 4.98 Å². The van der Waals surface area contributed by atoms with Crippen LogP contribution in [0.15, 0.2) is 48.2 Å². The third-order valence-electron chi connectivity index (χ3n) is 3.29. The predicted molar refractivity (Wildman–Crippen MR) is 85.8 cm³/mol. The number of rotatable bonds is 6. The van der Waals surface area contributed by atoms with Crippen LogP contribution in [0.3, 0.4) is 0 Å². The zero-order valence-electron chi connectivity index (χ0n) is 11.8. The number of hydrogen-bond acceptors (Lipinski definition) is 5. The van der Waals surface area contributed by atoms with Crippen molar-refractivity contribution in [3.8, 4) is 5.75 Å². The average Bonchev–Trinajstić information content (AvgIpc) is 3.06. The Bertz CT molecular complexity index is 694. The van der Waals surface area contributed by atoms with Crippen LogP contribution in [-0.2, 0) is 0 Å². The van der Waals surface area contributed by atoms with Crippen molar-refractivity contribution in [2.75, 3.05) is 13.6 Å². The van der Waals surface area contributed by atoms with Gasteiger partial charge in [0.25, 0.3) is 0 Å². The Morgan fingerprint density at radius 2 is 2.24 bits per heavy atom. The lowest BCUT2D eigenvalue weighted by molar-refractivity contribution is 0.197. The molecule has 3 aromatic rings. The lowest BCUT2D eigenvalue weighted by Gasteiger charge is -2.18. The zero-order chi connectivity index (χ0) is 14.5. The third-order valence-corrected chi connectivity index (χ3v) is 4.16. The second kappa shape index (κ2) is 6.65. The Balaban J connectivity index is 1.90. The Morgan fingerprint density at radius 1 is 1.29 bits per heavy atom. The highest BCUT2D eigenvalue weighted by molar-refractivity contribution is 7.09. The summed E-state index contributed by atoms with van der Waals surface area (Å²) in [6.45, 7) is 0.885. The van der Waals surface area contributed by atoms with Crippen molar-refractivity contribution in [3.05, 3.63) is 53.2 Å². The second-order valence-corrected chi connectivity index (χ2v) is 5.65. The standard InChI is InChI=1S/C16H17N3OS/c1-17-7-6-15(16-19-9-10-21-16)20-14-4-2-3-12-11-18-8-5-13(12)14/h2-5,8-11,15,17H,6-7H2,1H3. The van der Waals surface area contributed by atoms with E-state index < -0.39 is 0 Å².